The van der Waals surface area contributed by atoms with E-state index in [0.717, 1.165) is 19.3 Å². The molecule has 0 spiro atoms. The zero-order chi connectivity index (χ0) is 21.3. The fraction of sp³-hybridized carbons (Fsp3) is 0.591. The molecule has 3 N–H and O–H groups in total. The fourth-order valence-corrected chi connectivity index (χ4v) is 2.84. The van der Waals surface area contributed by atoms with Crippen molar-refractivity contribution in [2.45, 2.75) is 71.1 Å². The average Bonchev–Trinajstić information content (AvgIpc) is 2.72. The van der Waals surface area contributed by atoms with Gasteiger partial charge in [-0.05, 0) is 24.6 Å². The molecular formula is C22H35N3O4. The summed E-state index contributed by atoms with van der Waals surface area (Å²) in [4.78, 5) is 23.5. The molecule has 0 radical (unpaired) electrons. The van der Waals surface area contributed by atoms with Crippen LogP contribution in [0.4, 0.5) is 0 Å². The van der Waals surface area contributed by atoms with Gasteiger partial charge in [0, 0.05) is 12.0 Å². The van der Waals surface area contributed by atoms with E-state index >= 15 is 0 Å². The molecule has 0 bridgehead atoms. The van der Waals surface area contributed by atoms with Crippen molar-refractivity contribution in [1.29, 1.82) is 0 Å². The van der Waals surface area contributed by atoms with Crippen molar-refractivity contribution in [3.63, 3.8) is 0 Å². The lowest BCUT2D eigenvalue weighted by Gasteiger charge is -2.05. The fourth-order valence-electron chi connectivity index (χ4n) is 2.84. The highest BCUT2D eigenvalue weighted by Gasteiger charge is 2.05. The number of ether oxygens (including phenoxy) is 1. The largest absolute Gasteiger partial charge is 0.507 e. The monoisotopic (exact) mass is 405 g/mol. The summed E-state index contributed by atoms with van der Waals surface area (Å²) < 4.78 is 5.07. The van der Waals surface area contributed by atoms with Crippen molar-refractivity contribution in [3.05, 3.63) is 23.8 Å². The van der Waals surface area contributed by atoms with Gasteiger partial charge in [-0.3, -0.25) is 9.59 Å². The smallest absolute Gasteiger partial charge is 0.259 e. The van der Waals surface area contributed by atoms with Gasteiger partial charge in [-0.25, -0.2) is 5.43 Å². The van der Waals surface area contributed by atoms with Crippen LogP contribution in [0.15, 0.2) is 23.3 Å². The number of phenolic OH excluding ortho intramolecular Hbond substituents is 1. The molecule has 162 valence electrons. The maximum Gasteiger partial charge on any atom is 0.259 e. The van der Waals surface area contributed by atoms with Crippen molar-refractivity contribution in [3.8, 4) is 11.5 Å². The van der Waals surface area contributed by atoms with Gasteiger partial charge in [-0.15, -0.1) is 0 Å². The molecule has 0 aliphatic carbocycles. The third-order valence-corrected chi connectivity index (χ3v) is 4.58. The van der Waals surface area contributed by atoms with Crippen LogP contribution in [0.1, 0.15) is 76.7 Å². The molecular weight excluding hydrogens is 370 g/mol. The second kappa shape index (κ2) is 15.4. The van der Waals surface area contributed by atoms with Crippen LogP contribution in [-0.2, 0) is 9.59 Å². The Balaban J connectivity index is 2.11. The molecule has 0 aliphatic rings. The van der Waals surface area contributed by atoms with Gasteiger partial charge in [0.2, 0.25) is 5.91 Å². The van der Waals surface area contributed by atoms with Gasteiger partial charge in [0.1, 0.15) is 11.5 Å². The Bertz CT molecular complexity index is 647. The number of benzene rings is 1. The zero-order valence-electron chi connectivity index (χ0n) is 17.7. The molecule has 0 atom stereocenters. The average molecular weight is 406 g/mol. The number of methoxy groups -OCH3 is 1. The molecule has 29 heavy (non-hydrogen) atoms. The first kappa shape index (κ1) is 24.5. The Morgan fingerprint density at radius 3 is 2.34 bits per heavy atom. The Labute approximate surface area is 173 Å². The molecule has 0 saturated heterocycles. The summed E-state index contributed by atoms with van der Waals surface area (Å²) in [5.41, 5.74) is 2.74. The first-order valence-corrected chi connectivity index (χ1v) is 10.5. The number of carbonyl (C=O) groups is 2. The van der Waals surface area contributed by atoms with Gasteiger partial charge in [0.15, 0.2) is 0 Å². The molecule has 0 saturated carbocycles. The number of nitrogens with one attached hydrogen (secondary N) is 2. The predicted octanol–water partition coefficient (Wildman–Crippen LogP) is 3.89. The number of phenols is 1. The van der Waals surface area contributed by atoms with Crippen molar-refractivity contribution in [2.75, 3.05) is 13.7 Å². The number of amides is 2. The summed E-state index contributed by atoms with van der Waals surface area (Å²) in [5, 5.41) is 16.1. The second-order valence-electron chi connectivity index (χ2n) is 7.07. The summed E-state index contributed by atoms with van der Waals surface area (Å²) in [6, 6.07) is 4.70. The molecule has 7 nitrogen and oxygen atoms in total. The molecule has 0 heterocycles. The third kappa shape index (κ3) is 11.8. The Morgan fingerprint density at radius 1 is 1.03 bits per heavy atom. The van der Waals surface area contributed by atoms with E-state index in [4.69, 9.17) is 4.74 Å². The van der Waals surface area contributed by atoms with Crippen molar-refractivity contribution in [2.24, 2.45) is 5.10 Å². The third-order valence-electron chi connectivity index (χ3n) is 4.58. The van der Waals surface area contributed by atoms with E-state index in [0.29, 0.717) is 17.7 Å². The minimum absolute atomic E-state index is 0.0260. The lowest BCUT2D eigenvalue weighted by atomic mass is 10.1. The first-order chi connectivity index (χ1) is 14.1. The maximum absolute atomic E-state index is 11.8. The molecule has 1 aromatic rings. The number of unbranched alkanes of at least 4 members (excludes halogenated alkanes) is 8. The molecule has 0 aliphatic heterocycles. The number of hydrazone groups is 1. The Kier molecular flexibility index (Phi) is 13.0. The summed E-state index contributed by atoms with van der Waals surface area (Å²) in [7, 11) is 1.52. The van der Waals surface area contributed by atoms with E-state index in [2.05, 4.69) is 22.8 Å². The maximum atomic E-state index is 11.8. The lowest BCUT2D eigenvalue weighted by Crippen LogP contribution is -2.34. The summed E-state index contributed by atoms with van der Waals surface area (Å²) >= 11 is 0. The van der Waals surface area contributed by atoms with Crippen LogP contribution in [0.2, 0.25) is 0 Å². The van der Waals surface area contributed by atoms with Gasteiger partial charge in [-0.2, -0.15) is 5.10 Å². The highest BCUT2D eigenvalue weighted by molar-refractivity contribution is 5.87. The molecule has 0 unspecified atom stereocenters. The second-order valence-corrected chi connectivity index (χ2v) is 7.07. The minimum Gasteiger partial charge on any atom is -0.507 e. The number of rotatable bonds is 15. The summed E-state index contributed by atoms with van der Waals surface area (Å²) in [5.74, 6) is 0.0407. The van der Waals surface area contributed by atoms with Gasteiger partial charge in [0.25, 0.3) is 5.91 Å². The topological polar surface area (TPSA) is 100 Å². The molecule has 0 fully saturated rings. The van der Waals surface area contributed by atoms with E-state index in [1.54, 1.807) is 12.1 Å². The number of hydrogen-bond donors (Lipinski definition) is 3. The van der Waals surface area contributed by atoms with Gasteiger partial charge >= 0.3 is 0 Å². The van der Waals surface area contributed by atoms with E-state index in [-0.39, 0.29) is 18.2 Å². The van der Waals surface area contributed by atoms with Gasteiger partial charge in [0.05, 0.1) is 19.9 Å². The van der Waals surface area contributed by atoms with Crippen LogP contribution >= 0.6 is 0 Å². The van der Waals surface area contributed by atoms with Crippen molar-refractivity contribution >= 4 is 18.0 Å². The van der Waals surface area contributed by atoms with Crippen LogP contribution in [0.5, 0.6) is 11.5 Å². The van der Waals surface area contributed by atoms with E-state index < -0.39 is 5.91 Å². The highest BCUT2D eigenvalue weighted by Crippen LogP contribution is 2.20. The Morgan fingerprint density at radius 2 is 1.69 bits per heavy atom. The van der Waals surface area contributed by atoms with Gasteiger partial charge in [-0.1, -0.05) is 58.3 Å². The van der Waals surface area contributed by atoms with E-state index in [9.17, 15) is 14.7 Å². The normalized spacial score (nSPS) is 10.8. The van der Waals surface area contributed by atoms with Crippen LogP contribution in [0.25, 0.3) is 0 Å². The Hall–Kier alpha value is -2.57. The van der Waals surface area contributed by atoms with Crippen LogP contribution in [0.3, 0.4) is 0 Å². The standard InChI is InChI=1S/C22H35N3O4/c1-3-4-5-6-7-8-9-10-11-12-21(27)23-17-22(28)25-24-16-18-15-19(29-2)13-14-20(18)26/h13-16,26H,3-12,17H2,1-2H3,(H,23,27)(H,25,28). The lowest BCUT2D eigenvalue weighted by molar-refractivity contribution is -0.126. The number of hydrogen-bond acceptors (Lipinski definition) is 5. The predicted molar refractivity (Wildman–Crippen MR) is 115 cm³/mol. The number of carbonyl (C=O) groups excluding carboxylic acids is 2. The molecule has 1 aromatic carbocycles. The summed E-state index contributed by atoms with van der Waals surface area (Å²) in [6.07, 6.45) is 12.5. The molecule has 0 aromatic heterocycles. The molecule has 7 heteroatoms. The molecule has 1 rings (SSSR count). The van der Waals surface area contributed by atoms with Crippen LogP contribution in [-0.4, -0.2) is 36.8 Å². The first-order valence-electron chi connectivity index (χ1n) is 10.5. The highest BCUT2D eigenvalue weighted by atomic mass is 16.5. The number of nitrogens with zero attached hydrogens (tertiary/aromatic N) is 1. The minimum atomic E-state index is -0.427. The summed E-state index contributed by atoms with van der Waals surface area (Å²) in [6.45, 7) is 2.09. The zero-order valence-corrected chi connectivity index (χ0v) is 17.7. The van der Waals surface area contributed by atoms with Crippen LogP contribution in [0, 0.1) is 0 Å². The van der Waals surface area contributed by atoms with Crippen molar-refractivity contribution < 1.29 is 19.4 Å². The van der Waals surface area contributed by atoms with E-state index in [1.165, 1.54) is 57.9 Å². The van der Waals surface area contributed by atoms with Crippen molar-refractivity contribution in [1.82, 2.24) is 10.7 Å². The van der Waals surface area contributed by atoms with E-state index in [1.807, 2.05) is 0 Å². The SMILES string of the molecule is CCCCCCCCCCCC(=O)NCC(=O)NN=Cc1cc(OC)ccc1O. The molecule has 2 amide bonds. The van der Waals surface area contributed by atoms with Gasteiger partial charge < -0.3 is 15.2 Å². The number of aromatic hydroxyl groups is 1. The van der Waals surface area contributed by atoms with Crippen LogP contribution < -0.4 is 15.5 Å². The quantitative estimate of drug-likeness (QED) is 0.234.